The van der Waals surface area contributed by atoms with E-state index in [-0.39, 0.29) is 5.54 Å². The van der Waals surface area contributed by atoms with Gasteiger partial charge in [0, 0.05) is 5.54 Å². The Hall–Kier alpha value is -1.31. The third-order valence-electron chi connectivity index (χ3n) is 5.98. The summed E-state index contributed by atoms with van der Waals surface area (Å²) in [6.07, 6.45) is 12.4. The highest BCUT2D eigenvalue weighted by Gasteiger charge is 2.46. The van der Waals surface area contributed by atoms with E-state index in [1.165, 1.54) is 23.1 Å². The zero-order valence-corrected chi connectivity index (χ0v) is 15.3. The third kappa shape index (κ3) is 4.16. The number of amides is 1. The van der Waals surface area contributed by atoms with Gasteiger partial charge in [-0.2, -0.15) is 0 Å². The molecule has 0 aromatic rings. The molecule has 4 atom stereocenters. The molecule has 0 heterocycles. The number of rotatable bonds is 6. The van der Waals surface area contributed by atoms with Gasteiger partial charge in [-0.3, -0.25) is 4.79 Å². The summed E-state index contributed by atoms with van der Waals surface area (Å²) in [4.78, 5) is 11.1. The highest BCUT2D eigenvalue weighted by Crippen LogP contribution is 2.50. The molecule has 1 fully saturated rings. The number of carbonyl (C=O) groups is 1. The van der Waals surface area contributed by atoms with Crippen molar-refractivity contribution in [1.29, 1.82) is 0 Å². The molecule has 0 aromatic carbocycles. The minimum Gasteiger partial charge on any atom is -0.353 e. The van der Waals surface area contributed by atoms with Crippen LogP contribution in [0.2, 0.25) is 0 Å². The molecule has 0 unspecified atom stereocenters. The van der Waals surface area contributed by atoms with Gasteiger partial charge in [-0.15, -0.1) is 0 Å². The van der Waals surface area contributed by atoms with Gasteiger partial charge in [-0.1, -0.05) is 35.5 Å². The van der Waals surface area contributed by atoms with Crippen LogP contribution in [0, 0.1) is 17.8 Å². The maximum Gasteiger partial charge on any atom is 0.207 e. The summed E-state index contributed by atoms with van der Waals surface area (Å²) in [5.74, 6) is 1.65. The summed E-state index contributed by atoms with van der Waals surface area (Å²) < 4.78 is 0. The molecule has 0 spiro atoms. The summed E-state index contributed by atoms with van der Waals surface area (Å²) in [6, 6.07) is 0. The van der Waals surface area contributed by atoms with Crippen molar-refractivity contribution in [3.8, 4) is 0 Å². The second-order valence-corrected chi connectivity index (χ2v) is 8.04. The van der Waals surface area contributed by atoms with Crippen LogP contribution in [0.3, 0.4) is 0 Å². The smallest absolute Gasteiger partial charge is 0.207 e. The summed E-state index contributed by atoms with van der Waals surface area (Å²) in [7, 11) is 0. The number of fused-ring (bicyclic) bond motifs is 1. The Morgan fingerprint density at radius 2 is 2.17 bits per heavy atom. The lowest BCUT2D eigenvalue weighted by Gasteiger charge is -2.51. The molecule has 0 aliphatic heterocycles. The van der Waals surface area contributed by atoms with Gasteiger partial charge in [-0.05, 0) is 84.0 Å². The molecular formula is C21H33NO. The highest BCUT2D eigenvalue weighted by molar-refractivity contribution is 5.48. The summed E-state index contributed by atoms with van der Waals surface area (Å²) in [6.45, 7) is 13.2. The van der Waals surface area contributed by atoms with Crippen LogP contribution < -0.4 is 5.32 Å². The standard InChI is InChI=1S/C21H33NO/c1-15(2)7-6-8-17(4)18-11-12-21(5,22-14-23)20-10-9-16(3)13-19(18)20/h7,13-14,18-20H,4,6,8-12H2,1-3,5H3,(H,22,23)/t18-,19-,20+,21+/m0/s1. The first-order chi connectivity index (χ1) is 10.9. The monoisotopic (exact) mass is 315 g/mol. The molecule has 0 bridgehead atoms. The van der Waals surface area contributed by atoms with Crippen LogP contribution in [0.1, 0.15) is 66.2 Å². The quantitative estimate of drug-likeness (QED) is 0.531. The first-order valence-corrected chi connectivity index (χ1v) is 9.07. The van der Waals surface area contributed by atoms with Crippen molar-refractivity contribution in [2.24, 2.45) is 17.8 Å². The number of hydrogen-bond donors (Lipinski definition) is 1. The van der Waals surface area contributed by atoms with Crippen LogP contribution in [0.5, 0.6) is 0 Å². The van der Waals surface area contributed by atoms with Crippen molar-refractivity contribution in [3.63, 3.8) is 0 Å². The molecule has 1 saturated carbocycles. The highest BCUT2D eigenvalue weighted by atomic mass is 16.1. The zero-order chi connectivity index (χ0) is 17.0. The Kier molecular flexibility index (Phi) is 5.89. The van der Waals surface area contributed by atoms with Crippen molar-refractivity contribution in [1.82, 2.24) is 5.32 Å². The topological polar surface area (TPSA) is 29.1 Å². The minimum absolute atomic E-state index is 0.0553. The van der Waals surface area contributed by atoms with Crippen LogP contribution in [0.25, 0.3) is 0 Å². The second-order valence-electron chi connectivity index (χ2n) is 8.04. The van der Waals surface area contributed by atoms with Gasteiger partial charge in [0.15, 0.2) is 0 Å². The first kappa shape index (κ1) is 18.0. The van der Waals surface area contributed by atoms with E-state index < -0.39 is 0 Å². The normalized spacial score (nSPS) is 33.2. The fourth-order valence-electron chi connectivity index (χ4n) is 4.60. The third-order valence-corrected chi connectivity index (χ3v) is 5.98. The van der Waals surface area contributed by atoms with E-state index in [0.29, 0.717) is 17.8 Å². The van der Waals surface area contributed by atoms with Crippen molar-refractivity contribution < 1.29 is 4.79 Å². The van der Waals surface area contributed by atoms with Gasteiger partial charge in [-0.25, -0.2) is 0 Å². The molecule has 1 amide bonds. The Balaban J connectivity index is 2.15. The molecule has 2 aliphatic rings. The molecule has 23 heavy (non-hydrogen) atoms. The van der Waals surface area contributed by atoms with Gasteiger partial charge in [0.25, 0.3) is 0 Å². The van der Waals surface area contributed by atoms with Gasteiger partial charge >= 0.3 is 0 Å². The Bertz CT molecular complexity index is 512. The van der Waals surface area contributed by atoms with E-state index in [9.17, 15) is 4.79 Å². The largest absolute Gasteiger partial charge is 0.353 e. The van der Waals surface area contributed by atoms with Gasteiger partial charge in [0.2, 0.25) is 6.41 Å². The van der Waals surface area contributed by atoms with Gasteiger partial charge in [0.1, 0.15) is 0 Å². The van der Waals surface area contributed by atoms with Crippen LogP contribution in [-0.4, -0.2) is 11.9 Å². The molecule has 2 heteroatoms. The first-order valence-electron chi connectivity index (χ1n) is 9.07. The SMILES string of the molecule is C=C(CCC=C(C)C)[C@@H]1CC[C@@](C)(NC=O)[C@@H]2CCC(C)=C[C@H]21. The molecule has 128 valence electrons. The molecule has 2 rings (SSSR count). The lowest BCUT2D eigenvalue weighted by Crippen LogP contribution is -2.55. The van der Waals surface area contributed by atoms with Gasteiger partial charge < -0.3 is 5.32 Å². The molecule has 0 radical (unpaired) electrons. The van der Waals surface area contributed by atoms with Crippen LogP contribution in [0.15, 0.2) is 35.5 Å². The summed E-state index contributed by atoms with van der Waals surface area (Å²) >= 11 is 0. The average molecular weight is 316 g/mol. The van der Waals surface area contributed by atoms with E-state index in [2.05, 4.69) is 51.7 Å². The molecule has 0 aromatic heterocycles. The zero-order valence-electron chi connectivity index (χ0n) is 15.3. The van der Waals surface area contributed by atoms with E-state index in [4.69, 9.17) is 0 Å². The van der Waals surface area contributed by atoms with Crippen LogP contribution in [-0.2, 0) is 4.79 Å². The van der Waals surface area contributed by atoms with Crippen molar-refractivity contribution in [2.75, 3.05) is 0 Å². The predicted octanol–water partition coefficient (Wildman–Crippen LogP) is 5.18. The second kappa shape index (κ2) is 7.51. The van der Waals surface area contributed by atoms with Crippen molar-refractivity contribution >= 4 is 6.41 Å². The lowest BCUT2D eigenvalue weighted by atomic mass is 9.58. The van der Waals surface area contributed by atoms with Crippen LogP contribution >= 0.6 is 0 Å². The number of nitrogens with one attached hydrogen (secondary N) is 1. The van der Waals surface area contributed by atoms with Gasteiger partial charge in [0.05, 0.1) is 0 Å². The number of allylic oxidation sites excluding steroid dienone is 5. The molecule has 1 N–H and O–H groups in total. The summed E-state index contributed by atoms with van der Waals surface area (Å²) in [5.41, 5.74) is 4.23. The predicted molar refractivity (Wildman–Crippen MR) is 98.1 cm³/mol. The van der Waals surface area contributed by atoms with E-state index in [1.807, 2.05) is 0 Å². The van der Waals surface area contributed by atoms with Crippen molar-refractivity contribution in [3.05, 3.63) is 35.5 Å². The Labute approximate surface area is 142 Å². The summed E-state index contributed by atoms with van der Waals surface area (Å²) in [5, 5.41) is 3.14. The fourth-order valence-corrected chi connectivity index (χ4v) is 4.60. The molecule has 2 aliphatic carbocycles. The fraction of sp³-hybridized carbons (Fsp3) is 0.667. The van der Waals surface area contributed by atoms with E-state index in [1.54, 1.807) is 0 Å². The molecule has 2 nitrogen and oxygen atoms in total. The Morgan fingerprint density at radius 3 is 2.83 bits per heavy atom. The number of hydrogen-bond acceptors (Lipinski definition) is 1. The van der Waals surface area contributed by atoms with E-state index >= 15 is 0 Å². The Morgan fingerprint density at radius 1 is 1.43 bits per heavy atom. The number of carbonyl (C=O) groups excluding carboxylic acids is 1. The molecule has 0 saturated heterocycles. The van der Waals surface area contributed by atoms with Crippen LogP contribution in [0.4, 0.5) is 0 Å². The maximum atomic E-state index is 11.1. The van der Waals surface area contributed by atoms with Crippen molar-refractivity contribution in [2.45, 2.75) is 71.8 Å². The maximum absolute atomic E-state index is 11.1. The molecular weight excluding hydrogens is 282 g/mol. The van der Waals surface area contributed by atoms with E-state index in [0.717, 1.165) is 38.5 Å². The lowest BCUT2D eigenvalue weighted by molar-refractivity contribution is -0.112. The minimum atomic E-state index is -0.0553. The average Bonchev–Trinajstić information content (AvgIpc) is 2.47.